The van der Waals surface area contributed by atoms with E-state index >= 15 is 0 Å². The first-order valence-corrected chi connectivity index (χ1v) is 8.22. The van der Waals surface area contributed by atoms with Crippen molar-refractivity contribution in [1.82, 2.24) is 10.1 Å². The molecule has 0 saturated carbocycles. The van der Waals surface area contributed by atoms with E-state index < -0.39 is 0 Å². The summed E-state index contributed by atoms with van der Waals surface area (Å²) >= 11 is 0. The maximum absolute atomic E-state index is 12.9. The van der Waals surface area contributed by atoms with Crippen molar-refractivity contribution in [3.63, 3.8) is 0 Å². The Morgan fingerprint density at radius 3 is 3.00 bits per heavy atom. The molecular formula is C18H18N4O2. The van der Waals surface area contributed by atoms with E-state index in [9.17, 15) is 10.1 Å². The van der Waals surface area contributed by atoms with Crippen LogP contribution in [0.25, 0.3) is 11.1 Å². The molecule has 0 spiro atoms. The van der Waals surface area contributed by atoms with Crippen molar-refractivity contribution < 1.29 is 9.32 Å². The van der Waals surface area contributed by atoms with Crippen molar-refractivity contribution >= 4 is 11.6 Å². The van der Waals surface area contributed by atoms with E-state index in [1.54, 1.807) is 11.1 Å². The first kappa shape index (κ1) is 14.8. The zero-order valence-electron chi connectivity index (χ0n) is 13.5. The van der Waals surface area contributed by atoms with Crippen LogP contribution in [0.2, 0.25) is 0 Å². The van der Waals surface area contributed by atoms with Crippen LogP contribution in [0, 0.1) is 18.4 Å². The minimum Gasteiger partial charge on any atom is -0.361 e. The van der Waals surface area contributed by atoms with Crippen LogP contribution in [0.1, 0.15) is 24.2 Å². The Morgan fingerprint density at radius 2 is 2.25 bits per heavy atom. The summed E-state index contributed by atoms with van der Waals surface area (Å²) in [5.41, 5.74) is 4.15. The van der Waals surface area contributed by atoms with Gasteiger partial charge in [-0.05, 0) is 43.4 Å². The number of rotatable bonds is 2. The Balaban J connectivity index is 1.69. The lowest BCUT2D eigenvalue weighted by molar-refractivity contribution is -0.121. The van der Waals surface area contributed by atoms with Crippen LogP contribution in [-0.4, -0.2) is 35.1 Å². The van der Waals surface area contributed by atoms with Gasteiger partial charge in [0.25, 0.3) is 0 Å². The average Bonchev–Trinajstić information content (AvgIpc) is 3.32. The Bertz CT molecular complexity index is 836. The maximum atomic E-state index is 12.9. The summed E-state index contributed by atoms with van der Waals surface area (Å²) in [5.74, 6) is 0.812. The largest absolute Gasteiger partial charge is 0.361 e. The number of nitriles is 1. The Kier molecular flexibility index (Phi) is 3.49. The molecule has 0 bridgehead atoms. The summed E-state index contributed by atoms with van der Waals surface area (Å²) in [6.07, 6.45) is 6.33. The van der Waals surface area contributed by atoms with Gasteiger partial charge in [0.1, 0.15) is 11.8 Å². The van der Waals surface area contributed by atoms with Gasteiger partial charge in [-0.15, -0.1) is 0 Å². The highest BCUT2D eigenvalue weighted by atomic mass is 16.5. The fourth-order valence-corrected chi connectivity index (χ4v) is 3.80. The van der Waals surface area contributed by atoms with Gasteiger partial charge < -0.3 is 9.42 Å². The normalized spacial score (nSPS) is 19.4. The lowest BCUT2D eigenvalue weighted by Gasteiger charge is -2.24. The summed E-state index contributed by atoms with van der Waals surface area (Å²) < 4.78 is 5.19. The molecule has 4 rings (SSSR count). The molecule has 3 heterocycles. The van der Waals surface area contributed by atoms with Gasteiger partial charge in [0.2, 0.25) is 5.91 Å². The van der Waals surface area contributed by atoms with Gasteiger partial charge in [0, 0.05) is 24.3 Å². The SMILES string of the molecule is Cc1oncc1-c1cccc2c1CCN2C(=O)C1CCCN1C#N. The number of benzene rings is 1. The quantitative estimate of drug-likeness (QED) is 0.794. The van der Waals surface area contributed by atoms with Crippen LogP contribution in [0.15, 0.2) is 28.9 Å². The fourth-order valence-electron chi connectivity index (χ4n) is 3.80. The third-order valence-corrected chi connectivity index (χ3v) is 5.00. The minimum absolute atomic E-state index is 0.0343. The molecule has 2 aromatic rings. The number of hydrogen-bond acceptors (Lipinski definition) is 5. The number of carbonyl (C=O) groups is 1. The summed E-state index contributed by atoms with van der Waals surface area (Å²) in [7, 11) is 0. The molecule has 6 heteroatoms. The van der Waals surface area contributed by atoms with E-state index in [2.05, 4.69) is 11.3 Å². The van der Waals surface area contributed by atoms with Crippen molar-refractivity contribution in [3.05, 3.63) is 35.7 Å². The smallest absolute Gasteiger partial charge is 0.250 e. The molecule has 1 unspecified atom stereocenters. The van der Waals surface area contributed by atoms with Crippen LogP contribution in [0.5, 0.6) is 0 Å². The number of amides is 1. The zero-order valence-corrected chi connectivity index (χ0v) is 13.5. The van der Waals surface area contributed by atoms with Crippen LogP contribution >= 0.6 is 0 Å². The van der Waals surface area contributed by atoms with E-state index in [-0.39, 0.29) is 11.9 Å². The number of anilines is 1. The molecule has 2 aliphatic heterocycles. The first-order valence-electron chi connectivity index (χ1n) is 8.22. The molecule has 1 amide bonds. The molecule has 1 atom stereocenters. The predicted molar refractivity (Wildman–Crippen MR) is 88.1 cm³/mol. The lowest BCUT2D eigenvalue weighted by atomic mass is 9.99. The van der Waals surface area contributed by atoms with Crippen LogP contribution in [0.4, 0.5) is 5.69 Å². The van der Waals surface area contributed by atoms with Gasteiger partial charge in [-0.25, -0.2) is 0 Å². The second kappa shape index (κ2) is 5.68. The molecule has 2 aliphatic rings. The monoisotopic (exact) mass is 322 g/mol. The van der Waals surface area contributed by atoms with E-state index in [1.807, 2.05) is 30.0 Å². The van der Waals surface area contributed by atoms with Crippen molar-refractivity contribution in [3.8, 4) is 17.3 Å². The second-order valence-electron chi connectivity index (χ2n) is 6.29. The summed E-state index contributed by atoms with van der Waals surface area (Å²) in [6.45, 7) is 3.22. The molecule has 1 aromatic heterocycles. The Hall–Kier alpha value is -2.81. The molecule has 6 nitrogen and oxygen atoms in total. The minimum atomic E-state index is -0.318. The highest BCUT2D eigenvalue weighted by Crippen LogP contribution is 2.38. The van der Waals surface area contributed by atoms with E-state index in [1.165, 1.54) is 0 Å². The highest BCUT2D eigenvalue weighted by molar-refractivity contribution is 6.00. The lowest BCUT2D eigenvalue weighted by Crippen LogP contribution is -2.43. The number of carbonyl (C=O) groups excluding carboxylic acids is 1. The summed E-state index contributed by atoms with van der Waals surface area (Å²) in [4.78, 5) is 16.4. The molecule has 0 aliphatic carbocycles. The third kappa shape index (κ3) is 2.16. The van der Waals surface area contributed by atoms with Gasteiger partial charge >= 0.3 is 0 Å². The van der Waals surface area contributed by atoms with E-state index in [4.69, 9.17) is 4.52 Å². The molecule has 1 aromatic carbocycles. The number of hydrogen-bond donors (Lipinski definition) is 0. The topological polar surface area (TPSA) is 73.4 Å². The summed E-state index contributed by atoms with van der Waals surface area (Å²) in [5, 5.41) is 13.1. The summed E-state index contributed by atoms with van der Waals surface area (Å²) in [6, 6.07) is 5.67. The number of fused-ring (bicyclic) bond motifs is 1. The van der Waals surface area contributed by atoms with Crippen molar-refractivity contribution in [2.45, 2.75) is 32.2 Å². The maximum Gasteiger partial charge on any atom is 0.250 e. The molecule has 0 radical (unpaired) electrons. The van der Waals surface area contributed by atoms with Gasteiger partial charge in [-0.1, -0.05) is 17.3 Å². The predicted octanol–water partition coefficient (Wildman–Crippen LogP) is 2.48. The van der Waals surface area contributed by atoms with Gasteiger partial charge in [-0.3, -0.25) is 9.69 Å². The second-order valence-corrected chi connectivity index (χ2v) is 6.29. The third-order valence-electron chi connectivity index (χ3n) is 5.00. The highest BCUT2D eigenvalue weighted by Gasteiger charge is 2.36. The fraction of sp³-hybridized carbons (Fsp3) is 0.389. The number of aromatic nitrogens is 1. The average molecular weight is 322 g/mol. The van der Waals surface area contributed by atoms with Gasteiger partial charge in [0.15, 0.2) is 6.19 Å². The van der Waals surface area contributed by atoms with E-state index in [0.29, 0.717) is 13.1 Å². The molecule has 1 saturated heterocycles. The molecule has 122 valence electrons. The van der Waals surface area contributed by atoms with Crippen molar-refractivity contribution in [2.75, 3.05) is 18.0 Å². The number of nitrogens with zero attached hydrogens (tertiary/aromatic N) is 4. The molecule has 24 heavy (non-hydrogen) atoms. The van der Waals surface area contributed by atoms with Crippen LogP contribution in [0.3, 0.4) is 0 Å². The Morgan fingerprint density at radius 1 is 1.38 bits per heavy atom. The van der Waals surface area contributed by atoms with E-state index in [0.717, 1.165) is 47.4 Å². The molecule has 1 fully saturated rings. The van der Waals surface area contributed by atoms with Crippen molar-refractivity contribution in [1.29, 1.82) is 5.26 Å². The van der Waals surface area contributed by atoms with Crippen LogP contribution < -0.4 is 4.90 Å². The standard InChI is InChI=1S/C18H18N4O2/c1-12-15(10-20-24-12)13-4-2-5-16-14(13)7-9-22(16)18(23)17-6-3-8-21(17)11-19/h2,4-5,10,17H,3,6-9H2,1H3. The van der Waals surface area contributed by atoms with Gasteiger partial charge in [0.05, 0.1) is 6.20 Å². The molecular weight excluding hydrogens is 304 g/mol. The van der Waals surface area contributed by atoms with Crippen molar-refractivity contribution in [2.24, 2.45) is 0 Å². The number of aryl methyl sites for hydroxylation is 1. The first-order chi connectivity index (χ1) is 11.7. The van der Waals surface area contributed by atoms with Crippen LogP contribution in [-0.2, 0) is 11.2 Å². The van der Waals surface area contributed by atoms with Gasteiger partial charge in [-0.2, -0.15) is 5.26 Å². The molecule has 0 N–H and O–H groups in total. The number of likely N-dealkylation sites (tertiary alicyclic amines) is 1. The Labute approximate surface area is 140 Å². The zero-order chi connectivity index (χ0) is 16.7.